The molecule has 0 radical (unpaired) electrons. The zero-order chi connectivity index (χ0) is 18.3. The van der Waals surface area contributed by atoms with Crippen LogP contribution in [0.5, 0.6) is 0 Å². The van der Waals surface area contributed by atoms with Crippen molar-refractivity contribution in [3.63, 3.8) is 0 Å². The minimum absolute atomic E-state index is 0.0514. The van der Waals surface area contributed by atoms with Crippen molar-refractivity contribution in [2.45, 2.75) is 24.8 Å². The number of sulfonamides is 1. The Morgan fingerprint density at radius 3 is 2.29 bits per heavy atom. The van der Waals surface area contributed by atoms with Gasteiger partial charge in [0.15, 0.2) is 0 Å². The second-order valence-electron chi connectivity index (χ2n) is 5.46. The molecule has 0 aromatic heterocycles. The van der Waals surface area contributed by atoms with Crippen LogP contribution in [0.25, 0.3) is 0 Å². The Hall–Kier alpha value is -1.97. The Labute approximate surface area is 142 Å². The highest BCUT2D eigenvalue weighted by atomic mass is 32.2. The number of hydrogen-bond acceptors (Lipinski definition) is 5. The summed E-state index contributed by atoms with van der Waals surface area (Å²) < 4.78 is 25.9. The van der Waals surface area contributed by atoms with Crippen molar-refractivity contribution in [3.8, 4) is 0 Å². The highest BCUT2D eigenvalue weighted by Gasteiger charge is 2.23. The largest absolute Gasteiger partial charge is 0.353 e. The number of carbonyl (C=O) groups is 2. The van der Waals surface area contributed by atoms with E-state index in [0.29, 0.717) is 12.2 Å². The molecule has 1 aromatic rings. The molecule has 0 saturated heterocycles. The van der Waals surface area contributed by atoms with E-state index >= 15 is 0 Å². The van der Waals surface area contributed by atoms with Crippen LogP contribution in [-0.2, 0) is 19.6 Å². The predicted molar refractivity (Wildman–Crippen MR) is 92.1 cm³/mol. The Kier molecular flexibility index (Phi) is 7.33. The van der Waals surface area contributed by atoms with Crippen molar-refractivity contribution in [1.29, 1.82) is 0 Å². The Morgan fingerprint density at radius 1 is 1.21 bits per heavy atom. The molecule has 0 fully saturated rings. The van der Waals surface area contributed by atoms with Crippen molar-refractivity contribution in [1.82, 2.24) is 14.9 Å². The topological polar surface area (TPSA) is 108 Å². The van der Waals surface area contributed by atoms with Crippen LogP contribution in [-0.4, -0.2) is 57.8 Å². The van der Waals surface area contributed by atoms with Crippen LogP contribution < -0.4 is 16.0 Å². The van der Waals surface area contributed by atoms with Gasteiger partial charge >= 0.3 is 0 Å². The third-order valence-corrected chi connectivity index (χ3v) is 5.16. The van der Waals surface area contributed by atoms with Gasteiger partial charge in [-0.25, -0.2) is 8.42 Å². The molecule has 0 aliphatic carbocycles. The quantitative estimate of drug-likeness (QED) is 0.607. The normalized spacial score (nSPS) is 12.7. The van der Waals surface area contributed by atoms with Gasteiger partial charge in [0, 0.05) is 32.2 Å². The molecule has 2 amide bonds. The van der Waals surface area contributed by atoms with Crippen molar-refractivity contribution in [2.75, 3.05) is 32.5 Å². The van der Waals surface area contributed by atoms with Crippen LogP contribution in [0.2, 0.25) is 0 Å². The third-order valence-electron chi connectivity index (χ3n) is 3.35. The summed E-state index contributed by atoms with van der Waals surface area (Å²) in [7, 11) is -0.658. The number of anilines is 1. The van der Waals surface area contributed by atoms with E-state index in [2.05, 4.69) is 16.0 Å². The predicted octanol–water partition coefficient (Wildman–Crippen LogP) is -0.0104. The van der Waals surface area contributed by atoms with Crippen LogP contribution in [0.4, 0.5) is 5.69 Å². The maximum Gasteiger partial charge on any atom is 0.243 e. The van der Waals surface area contributed by atoms with E-state index in [9.17, 15) is 18.0 Å². The van der Waals surface area contributed by atoms with Gasteiger partial charge in [0.1, 0.15) is 0 Å². The molecule has 0 aliphatic heterocycles. The summed E-state index contributed by atoms with van der Waals surface area (Å²) in [5.74, 6) is -0.617. The lowest BCUT2D eigenvalue weighted by molar-refractivity contribution is -0.121. The van der Waals surface area contributed by atoms with E-state index in [4.69, 9.17) is 0 Å². The van der Waals surface area contributed by atoms with Gasteiger partial charge in [-0.05, 0) is 38.2 Å². The zero-order valence-corrected chi connectivity index (χ0v) is 15.1. The summed E-state index contributed by atoms with van der Waals surface area (Å²) in [6.45, 7) is 3.41. The molecule has 134 valence electrons. The second kappa shape index (κ2) is 8.76. The molecule has 24 heavy (non-hydrogen) atoms. The van der Waals surface area contributed by atoms with Crippen LogP contribution in [0.3, 0.4) is 0 Å². The molecular formula is C15H24N4O4S. The fourth-order valence-corrected chi connectivity index (χ4v) is 2.93. The standard InChI is InChI=1S/C15H24N4O4S/c1-11(16-3)9-17-15(21)10-19(4)24(22,23)14-7-5-13(6-8-14)18-12(2)20/h5-8,11,16H,9-10H2,1-4H3,(H,17,21)(H,18,20). The lowest BCUT2D eigenvalue weighted by Gasteiger charge is -2.18. The van der Waals surface area contributed by atoms with Gasteiger partial charge in [-0.1, -0.05) is 0 Å². The SMILES string of the molecule is CNC(C)CNC(=O)CN(C)S(=O)(=O)c1ccc(NC(C)=O)cc1. The summed E-state index contributed by atoms with van der Waals surface area (Å²) in [4.78, 5) is 22.9. The average Bonchev–Trinajstić information content (AvgIpc) is 2.52. The van der Waals surface area contributed by atoms with E-state index < -0.39 is 10.0 Å². The molecule has 0 aliphatic rings. The first-order valence-electron chi connectivity index (χ1n) is 7.44. The fraction of sp³-hybridized carbons (Fsp3) is 0.467. The molecule has 1 rings (SSSR count). The summed E-state index contributed by atoms with van der Waals surface area (Å²) in [5, 5.41) is 8.20. The number of benzene rings is 1. The fourth-order valence-electron chi connectivity index (χ4n) is 1.81. The molecule has 0 saturated carbocycles. The first kappa shape index (κ1) is 20.1. The molecule has 8 nitrogen and oxygen atoms in total. The number of carbonyl (C=O) groups excluding carboxylic acids is 2. The highest BCUT2D eigenvalue weighted by Crippen LogP contribution is 2.17. The number of likely N-dealkylation sites (N-methyl/N-ethyl adjacent to an activating group) is 2. The molecule has 9 heteroatoms. The molecule has 0 bridgehead atoms. The number of rotatable bonds is 8. The Bertz CT molecular complexity index is 673. The van der Waals surface area contributed by atoms with Crippen LogP contribution >= 0.6 is 0 Å². The van der Waals surface area contributed by atoms with Crippen molar-refractivity contribution in [3.05, 3.63) is 24.3 Å². The molecular weight excluding hydrogens is 332 g/mol. The van der Waals surface area contributed by atoms with E-state index in [1.807, 2.05) is 6.92 Å². The molecule has 1 unspecified atom stereocenters. The summed E-state index contributed by atoms with van der Waals surface area (Å²) >= 11 is 0. The van der Waals surface area contributed by atoms with Crippen LogP contribution in [0.15, 0.2) is 29.2 Å². The van der Waals surface area contributed by atoms with E-state index in [1.165, 1.54) is 38.2 Å². The van der Waals surface area contributed by atoms with Gasteiger partial charge in [0.05, 0.1) is 11.4 Å². The van der Waals surface area contributed by atoms with E-state index in [1.54, 1.807) is 7.05 Å². The highest BCUT2D eigenvalue weighted by molar-refractivity contribution is 7.89. The van der Waals surface area contributed by atoms with Crippen molar-refractivity contribution in [2.24, 2.45) is 0 Å². The Morgan fingerprint density at radius 2 is 1.79 bits per heavy atom. The first-order valence-corrected chi connectivity index (χ1v) is 8.88. The van der Waals surface area contributed by atoms with Crippen LogP contribution in [0, 0.1) is 0 Å². The minimum atomic E-state index is -3.78. The number of hydrogen-bond donors (Lipinski definition) is 3. The van der Waals surface area contributed by atoms with Gasteiger partial charge in [0.25, 0.3) is 0 Å². The molecule has 1 aromatic carbocycles. The van der Waals surface area contributed by atoms with Crippen LogP contribution in [0.1, 0.15) is 13.8 Å². The van der Waals surface area contributed by atoms with Gasteiger partial charge in [-0.2, -0.15) is 4.31 Å². The molecule has 3 N–H and O–H groups in total. The molecule has 1 atom stereocenters. The summed E-state index contributed by atoms with van der Waals surface area (Å²) in [6.07, 6.45) is 0. The zero-order valence-electron chi connectivity index (χ0n) is 14.3. The lowest BCUT2D eigenvalue weighted by Crippen LogP contribution is -2.42. The number of nitrogens with one attached hydrogen (secondary N) is 3. The number of nitrogens with zero attached hydrogens (tertiary/aromatic N) is 1. The van der Waals surface area contributed by atoms with Gasteiger partial charge in [0.2, 0.25) is 21.8 Å². The summed E-state index contributed by atoms with van der Waals surface area (Å²) in [5.41, 5.74) is 0.503. The van der Waals surface area contributed by atoms with Gasteiger partial charge in [-0.3, -0.25) is 9.59 Å². The summed E-state index contributed by atoms with van der Waals surface area (Å²) in [6, 6.07) is 5.86. The minimum Gasteiger partial charge on any atom is -0.353 e. The number of amides is 2. The maximum atomic E-state index is 12.4. The van der Waals surface area contributed by atoms with Crippen molar-refractivity contribution >= 4 is 27.5 Å². The third kappa shape index (κ3) is 5.91. The van der Waals surface area contributed by atoms with Crippen molar-refractivity contribution < 1.29 is 18.0 Å². The molecule has 0 spiro atoms. The second-order valence-corrected chi connectivity index (χ2v) is 7.51. The Balaban J connectivity index is 2.72. The average molecular weight is 356 g/mol. The van der Waals surface area contributed by atoms with Gasteiger partial charge < -0.3 is 16.0 Å². The smallest absolute Gasteiger partial charge is 0.243 e. The maximum absolute atomic E-state index is 12.4. The lowest BCUT2D eigenvalue weighted by atomic mass is 10.3. The monoisotopic (exact) mass is 356 g/mol. The first-order chi connectivity index (χ1) is 11.2. The van der Waals surface area contributed by atoms with E-state index in [0.717, 1.165) is 4.31 Å². The molecule has 0 heterocycles. The van der Waals surface area contributed by atoms with Gasteiger partial charge in [-0.15, -0.1) is 0 Å². The van der Waals surface area contributed by atoms with E-state index in [-0.39, 0.29) is 29.3 Å².